The first-order valence-electron chi connectivity index (χ1n) is 7.50. The fourth-order valence-electron chi connectivity index (χ4n) is 2.73. The average Bonchev–Trinajstić information content (AvgIpc) is 2.42. The highest BCUT2D eigenvalue weighted by Gasteiger charge is 2.26. The largest absolute Gasteiger partial charge is 0.372 e. The Hall–Kier alpha value is -1.69. The smallest absolute Gasteiger partial charge is 0.317 e. The molecule has 1 aliphatic heterocycles. The lowest BCUT2D eigenvalue weighted by molar-refractivity contribution is -0.0547. The molecule has 1 aromatic rings. The number of halogens is 2. The van der Waals surface area contributed by atoms with Gasteiger partial charge in [-0.3, -0.25) is 0 Å². The molecule has 0 bridgehead atoms. The molecule has 22 heavy (non-hydrogen) atoms. The second-order valence-electron chi connectivity index (χ2n) is 5.92. The van der Waals surface area contributed by atoms with Gasteiger partial charge < -0.3 is 15.0 Å². The molecule has 0 saturated carbocycles. The van der Waals surface area contributed by atoms with Gasteiger partial charge in [0, 0.05) is 24.7 Å². The van der Waals surface area contributed by atoms with Crippen LogP contribution < -0.4 is 5.32 Å². The molecule has 1 heterocycles. The van der Waals surface area contributed by atoms with Gasteiger partial charge in [0.15, 0.2) is 0 Å². The van der Waals surface area contributed by atoms with Gasteiger partial charge in [0.1, 0.15) is 11.6 Å². The minimum atomic E-state index is -0.588. The van der Waals surface area contributed by atoms with Crippen molar-refractivity contribution in [3.05, 3.63) is 35.4 Å². The Bertz CT molecular complexity index is 509. The van der Waals surface area contributed by atoms with E-state index in [1.807, 2.05) is 13.8 Å². The van der Waals surface area contributed by atoms with Crippen LogP contribution in [0, 0.1) is 11.6 Å². The SMILES string of the molecule is C[C@H](Cc1c(F)cccc1F)NC(=O)N1C[C@@H](C)O[C@@H](C)C1. The minimum absolute atomic E-state index is 0.000913. The third-order valence-corrected chi connectivity index (χ3v) is 3.65. The third kappa shape index (κ3) is 4.16. The highest BCUT2D eigenvalue weighted by molar-refractivity contribution is 5.74. The van der Waals surface area contributed by atoms with Crippen LogP contribution in [0.15, 0.2) is 18.2 Å². The molecule has 6 heteroatoms. The van der Waals surface area contributed by atoms with Crippen molar-refractivity contribution in [2.24, 2.45) is 0 Å². The van der Waals surface area contributed by atoms with E-state index in [2.05, 4.69) is 5.32 Å². The minimum Gasteiger partial charge on any atom is -0.372 e. The summed E-state index contributed by atoms with van der Waals surface area (Å²) in [5.41, 5.74) is -0.000913. The number of hydrogen-bond acceptors (Lipinski definition) is 2. The molecular weight excluding hydrogens is 290 g/mol. The zero-order chi connectivity index (χ0) is 16.3. The number of urea groups is 1. The van der Waals surface area contributed by atoms with E-state index in [0.29, 0.717) is 13.1 Å². The Morgan fingerprint density at radius 3 is 2.41 bits per heavy atom. The maximum atomic E-state index is 13.6. The van der Waals surface area contributed by atoms with Crippen molar-refractivity contribution >= 4 is 6.03 Å². The summed E-state index contributed by atoms with van der Waals surface area (Å²) in [5, 5.41) is 2.79. The summed E-state index contributed by atoms with van der Waals surface area (Å²) in [5.74, 6) is -1.18. The Kier molecular flexibility index (Phi) is 5.34. The Labute approximate surface area is 129 Å². The number of hydrogen-bond donors (Lipinski definition) is 1. The zero-order valence-electron chi connectivity index (χ0n) is 13.1. The van der Waals surface area contributed by atoms with Crippen molar-refractivity contribution in [1.82, 2.24) is 10.2 Å². The van der Waals surface area contributed by atoms with Crippen molar-refractivity contribution < 1.29 is 18.3 Å². The zero-order valence-corrected chi connectivity index (χ0v) is 13.1. The number of morpholine rings is 1. The summed E-state index contributed by atoms with van der Waals surface area (Å²) < 4.78 is 32.8. The average molecular weight is 312 g/mol. The lowest BCUT2D eigenvalue weighted by atomic mass is 10.1. The molecule has 1 fully saturated rings. The molecule has 0 spiro atoms. The molecule has 0 aliphatic carbocycles. The van der Waals surface area contributed by atoms with Gasteiger partial charge in [0.05, 0.1) is 12.2 Å². The summed E-state index contributed by atoms with van der Waals surface area (Å²) in [7, 11) is 0. The molecule has 2 rings (SSSR count). The van der Waals surface area contributed by atoms with Crippen LogP contribution in [0.1, 0.15) is 26.3 Å². The fraction of sp³-hybridized carbons (Fsp3) is 0.562. The van der Waals surface area contributed by atoms with Crippen LogP contribution >= 0.6 is 0 Å². The Balaban J connectivity index is 1.94. The van der Waals surface area contributed by atoms with Crippen molar-refractivity contribution in [2.75, 3.05) is 13.1 Å². The highest BCUT2D eigenvalue weighted by atomic mass is 19.1. The summed E-state index contributed by atoms with van der Waals surface area (Å²) in [6.07, 6.45) is 0.0716. The number of amides is 2. The molecule has 0 radical (unpaired) electrons. The number of nitrogens with one attached hydrogen (secondary N) is 1. The first-order valence-corrected chi connectivity index (χ1v) is 7.50. The standard InChI is InChI=1S/C16H22F2N2O2/c1-10(7-13-14(17)5-4-6-15(13)18)19-16(21)20-8-11(2)22-12(3)9-20/h4-6,10-12H,7-9H2,1-3H3,(H,19,21)/t10-,11-,12+/m1/s1. The maximum absolute atomic E-state index is 13.6. The molecule has 1 aromatic carbocycles. The van der Waals surface area contributed by atoms with Gasteiger partial charge in [-0.25, -0.2) is 13.6 Å². The maximum Gasteiger partial charge on any atom is 0.317 e. The van der Waals surface area contributed by atoms with E-state index in [1.54, 1.807) is 11.8 Å². The second-order valence-corrected chi connectivity index (χ2v) is 5.92. The molecule has 4 nitrogen and oxygen atoms in total. The highest BCUT2D eigenvalue weighted by Crippen LogP contribution is 2.15. The normalized spacial score (nSPS) is 23.2. The van der Waals surface area contributed by atoms with E-state index in [9.17, 15) is 13.6 Å². The molecule has 1 saturated heterocycles. The predicted octanol–water partition coefficient (Wildman–Crippen LogP) is 2.71. The van der Waals surface area contributed by atoms with Crippen LogP contribution in [0.3, 0.4) is 0 Å². The van der Waals surface area contributed by atoms with Gasteiger partial charge in [0.2, 0.25) is 0 Å². The van der Waals surface area contributed by atoms with Crippen molar-refractivity contribution in [3.8, 4) is 0 Å². The lowest BCUT2D eigenvalue weighted by Gasteiger charge is -2.35. The summed E-state index contributed by atoms with van der Waals surface area (Å²) in [6, 6.07) is 3.17. The first kappa shape index (κ1) is 16.7. The van der Waals surface area contributed by atoms with Gasteiger partial charge in [0.25, 0.3) is 0 Å². The van der Waals surface area contributed by atoms with Gasteiger partial charge in [-0.2, -0.15) is 0 Å². The van der Waals surface area contributed by atoms with Crippen LogP contribution in [0.2, 0.25) is 0 Å². The number of ether oxygens (including phenoxy) is 1. The van der Waals surface area contributed by atoms with Crippen molar-refractivity contribution in [3.63, 3.8) is 0 Å². The number of carbonyl (C=O) groups excluding carboxylic acids is 1. The molecule has 1 N–H and O–H groups in total. The van der Waals surface area contributed by atoms with Gasteiger partial charge >= 0.3 is 6.03 Å². The fourth-order valence-corrected chi connectivity index (χ4v) is 2.73. The van der Waals surface area contributed by atoms with Gasteiger partial charge in [-0.05, 0) is 39.3 Å². The molecule has 2 amide bonds. The van der Waals surface area contributed by atoms with E-state index in [0.717, 1.165) is 0 Å². The van der Waals surface area contributed by atoms with E-state index in [4.69, 9.17) is 4.74 Å². The van der Waals surface area contributed by atoms with Crippen LogP contribution in [-0.4, -0.2) is 42.3 Å². The van der Waals surface area contributed by atoms with Crippen LogP contribution in [-0.2, 0) is 11.2 Å². The molecule has 0 aromatic heterocycles. The summed E-state index contributed by atoms with van der Waals surface area (Å²) in [6.45, 7) is 6.58. The Morgan fingerprint density at radius 2 is 1.86 bits per heavy atom. The van der Waals surface area contributed by atoms with E-state index >= 15 is 0 Å². The van der Waals surface area contributed by atoms with E-state index < -0.39 is 11.6 Å². The summed E-state index contributed by atoms with van der Waals surface area (Å²) in [4.78, 5) is 13.9. The van der Waals surface area contributed by atoms with Crippen LogP contribution in [0.4, 0.5) is 13.6 Å². The predicted molar refractivity (Wildman–Crippen MR) is 79.6 cm³/mol. The molecule has 1 aliphatic rings. The van der Waals surface area contributed by atoms with Crippen LogP contribution in [0.25, 0.3) is 0 Å². The molecular formula is C16H22F2N2O2. The van der Waals surface area contributed by atoms with Crippen molar-refractivity contribution in [2.45, 2.75) is 45.4 Å². The van der Waals surface area contributed by atoms with E-state index in [-0.39, 0.29) is 36.3 Å². The van der Waals surface area contributed by atoms with Gasteiger partial charge in [-0.15, -0.1) is 0 Å². The Morgan fingerprint density at radius 1 is 1.32 bits per heavy atom. The molecule has 3 atom stereocenters. The lowest BCUT2D eigenvalue weighted by Crippen LogP contribution is -2.53. The topological polar surface area (TPSA) is 41.6 Å². The van der Waals surface area contributed by atoms with Gasteiger partial charge in [-0.1, -0.05) is 6.07 Å². The van der Waals surface area contributed by atoms with E-state index in [1.165, 1.54) is 18.2 Å². The number of carbonyl (C=O) groups is 1. The monoisotopic (exact) mass is 312 g/mol. The number of benzene rings is 1. The first-order chi connectivity index (χ1) is 10.4. The third-order valence-electron chi connectivity index (χ3n) is 3.65. The molecule has 0 unspecified atom stereocenters. The van der Waals surface area contributed by atoms with Crippen molar-refractivity contribution in [1.29, 1.82) is 0 Å². The molecule has 122 valence electrons. The van der Waals surface area contributed by atoms with Crippen LogP contribution in [0.5, 0.6) is 0 Å². The number of rotatable bonds is 3. The number of nitrogens with zero attached hydrogens (tertiary/aromatic N) is 1. The summed E-state index contributed by atoms with van der Waals surface area (Å²) >= 11 is 0. The second kappa shape index (κ2) is 7.05. The quantitative estimate of drug-likeness (QED) is 0.932.